The lowest BCUT2D eigenvalue weighted by molar-refractivity contribution is -0.190. The third-order valence-electron chi connectivity index (χ3n) is 2.23. The van der Waals surface area contributed by atoms with Gasteiger partial charge in [-0.3, -0.25) is 4.79 Å². The molecule has 0 spiro atoms. The highest BCUT2D eigenvalue weighted by Crippen LogP contribution is 2.59. The molecule has 0 bridgehead atoms. The van der Waals surface area contributed by atoms with Crippen LogP contribution in [0.1, 0.15) is 19.3 Å². The van der Waals surface area contributed by atoms with Gasteiger partial charge in [-0.15, -0.1) is 0 Å². The Morgan fingerprint density at radius 3 is 2.25 bits per heavy atom. The van der Waals surface area contributed by atoms with Gasteiger partial charge in [0.1, 0.15) is 0 Å². The molecule has 0 aromatic heterocycles. The van der Waals surface area contributed by atoms with Gasteiger partial charge in [-0.2, -0.15) is 13.2 Å². The summed E-state index contributed by atoms with van der Waals surface area (Å²) in [6.45, 7) is 0. The Morgan fingerprint density at radius 2 is 2.00 bits per heavy atom. The number of hydrogen-bond acceptors (Lipinski definition) is 1. The summed E-state index contributed by atoms with van der Waals surface area (Å²) >= 11 is 0. The van der Waals surface area contributed by atoms with Gasteiger partial charge in [-0.25, -0.2) is 0 Å². The van der Waals surface area contributed by atoms with Crippen molar-refractivity contribution in [2.45, 2.75) is 25.4 Å². The van der Waals surface area contributed by atoms with Crippen LogP contribution in [0, 0.1) is 5.41 Å². The molecule has 2 nitrogen and oxygen atoms in total. The molecule has 1 aliphatic carbocycles. The zero-order chi connectivity index (χ0) is 9.41. The van der Waals surface area contributed by atoms with Crippen LogP contribution in [0.25, 0.3) is 0 Å². The number of carbonyl (C=O) groups is 1. The molecule has 1 fully saturated rings. The lowest BCUT2D eigenvalue weighted by atomic mass is 10.0. The molecule has 12 heavy (non-hydrogen) atoms. The standard InChI is InChI=1S/C7H10F3NO/c1-11-5(12)4-6(2-3-6)7(8,9)10/h2-4H2,1H3,(H,11,12). The number of halogens is 3. The maximum absolute atomic E-state index is 12.2. The maximum atomic E-state index is 12.2. The van der Waals surface area contributed by atoms with Crippen molar-refractivity contribution in [2.75, 3.05) is 7.05 Å². The Morgan fingerprint density at radius 1 is 1.50 bits per heavy atom. The molecule has 0 heterocycles. The molecule has 1 saturated carbocycles. The van der Waals surface area contributed by atoms with Gasteiger partial charge in [0.05, 0.1) is 5.41 Å². The SMILES string of the molecule is CNC(=O)CC1(C(F)(F)F)CC1. The van der Waals surface area contributed by atoms with Crippen LogP contribution in [0.15, 0.2) is 0 Å². The summed E-state index contributed by atoms with van der Waals surface area (Å²) in [6, 6.07) is 0. The second-order valence-corrected chi connectivity index (χ2v) is 3.13. The van der Waals surface area contributed by atoms with E-state index < -0.39 is 23.9 Å². The molecule has 1 aliphatic rings. The molecule has 0 unspecified atom stereocenters. The van der Waals surface area contributed by atoms with E-state index in [4.69, 9.17) is 0 Å². The van der Waals surface area contributed by atoms with Crippen LogP contribution in [0.3, 0.4) is 0 Å². The Labute approximate surface area is 68.1 Å². The van der Waals surface area contributed by atoms with E-state index in [2.05, 4.69) is 5.32 Å². The molecule has 0 radical (unpaired) electrons. The summed E-state index contributed by atoms with van der Waals surface area (Å²) in [5.41, 5.74) is -1.70. The third-order valence-corrected chi connectivity index (χ3v) is 2.23. The second-order valence-electron chi connectivity index (χ2n) is 3.13. The van der Waals surface area contributed by atoms with Crippen LogP contribution < -0.4 is 5.32 Å². The predicted molar refractivity (Wildman–Crippen MR) is 36.4 cm³/mol. The van der Waals surface area contributed by atoms with Gasteiger partial charge in [-0.1, -0.05) is 0 Å². The summed E-state index contributed by atoms with van der Waals surface area (Å²) in [7, 11) is 1.34. The lowest BCUT2D eigenvalue weighted by Gasteiger charge is -2.17. The smallest absolute Gasteiger partial charge is 0.359 e. The van der Waals surface area contributed by atoms with E-state index in [9.17, 15) is 18.0 Å². The number of alkyl halides is 3. The predicted octanol–water partition coefficient (Wildman–Crippen LogP) is 1.47. The van der Waals surface area contributed by atoms with E-state index in [-0.39, 0.29) is 12.8 Å². The molecule has 0 aromatic rings. The van der Waals surface area contributed by atoms with E-state index in [0.29, 0.717) is 0 Å². The van der Waals surface area contributed by atoms with Crippen molar-refractivity contribution < 1.29 is 18.0 Å². The second kappa shape index (κ2) is 2.64. The van der Waals surface area contributed by atoms with E-state index in [1.807, 2.05) is 0 Å². The number of rotatable bonds is 2. The van der Waals surface area contributed by atoms with E-state index >= 15 is 0 Å². The van der Waals surface area contributed by atoms with Gasteiger partial charge in [0.2, 0.25) is 5.91 Å². The molecule has 1 rings (SSSR count). The highest BCUT2D eigenvalue weighted by atomic mass is 19.4. The summed E-state index contributed by atoms with van der Waals surface area (Å²) in [5.74, 6) is -0.537. The number of amides is 1. The van der Waals surface area contributed by atoms with Gasteiger partial charge in [0.15, 0.2) is 0 Å². The fraction of sp³-hybridized carbons (Fsp3) is 0.857. The van der Waals surface area contributed by atoms with Crippen LogP contribution in [-0.4, -0.2) is 19.1 Å². The fourth-order valence-corrected chi connectivity index (χ4v) is 1.11. The summed E-state index contributed by atoms with van der Waals surface area (Å²) < 4.78 is 36.6. The average Bonchev–Trinajstić information content (AvgIpc) is 2.67. The van der Waals surface area contributed by atoms with Crippen molar-refractivity contribution in [3.8, 4) is 0 Å². The third kappa shape index (κ3) is 1.54. The zero-order valence-corrected chi connectivity index (χ0v) is 6.66. The van der Waals surface area contributed by atoms with Crippen LogP contribution in [0.5, 0.6) is 0 Å². The Hall–Kier alpha value is -0.740. The monoisotopic (exact) mass is 181 g/mol. The lowest BCUT2D eigenvalue weighted by Crippen LogP contribution is -2.31. The topological polar surface area (TPSA) is 29.1 Å². The minimum Gasteiger partial charge on any atom is -0.359 e. The quantitative estimate of drug-likeness (QED) is 0.686. The number of nitrogens with one attached hydrogen (secondary N) is 1. The first-order valence-corrected chi connectivity index (χ1v) is 3.69. The Balaban J connectivity index is 2.56. The highest BCUT2D eigenvalue weighted by molar-refractivity contribution is 5.76. The molecule has 0 aromatic carbocycles. The largest absolute Gasteiger partial charge is 0.395 e. The summed E-state index contributed by atoms with van der Waals surface area (Å²) in [4.78, 5) is 10.7. The van der Waals surface area contributed by atoms with Gasteiger partial charge in [0.25, 0.3) is 0 Å². The number of hydrogen-bond donors (Lipinski definition) is 1. The van der Waals surface area contributed by atoms with Gasteiger partial charge < -0.3 is 5.32 Å². The molecule has 0 aliphatic heterocycles. The minimum atomic E-state index is -4.22. The fourth-order valence-electron chi connectivity index (χ4n) is 1.11. The van der Waals surface area contributed by atoms with Crippen molar-refractivity contribution >= 4 is 5.91 Å². The molecular weight excluding hydrogens is 171 g/mol. The van der Waals surface area contributed by atoms with Crippen molar-refractivity contribution in [1.29, 1.82) is 0 Å². The number of carbonyl (C=O) groups excluding carboxylic acids is 1. The first kappa shape index (κ1) is 9.35. The van der Waals surface area contributed by atoms with Crippen LogP contribution >= 0.6 is 0 Å². The van der Waals surface area contributed by atoms with E-state index in [1.165, 1.54) is 7.05 Å². The van der Waals surface area contributed by atoms with Gasteiger partial charge >= 0.3 is 6.18 Å². The van der Waals surface area contributed by atoms with Gasteiger partial charge in [-0.05, 0) is 12.8 Å². The van der Waals surface area contributed by atoms with E-state index in [1.54, 1.807) is 0 Å². The molecule has 1 N–H and O–H groups in total. The Kier molecular flexibility index (Phi) is 2.06. The summed E-state index contributed by atoms with van der Waals surface area (Å²) in [6.07, 6.45) is -4.47. The van der Waals surface area contributed by atoms with Crippen molar-refractivity contribution in [3.63, 3.8) is 0 Å². The zero-order valence-electron chi connectivity index (χ0n) is 6.66. The van der Waals surface area contributed by atoms with Crippen molar-refractivity contribution in [2.24, 2.45) is 5.41 Å². The highest BCUT2D eigenvalue weighted by Gasteiger charge is 2.63. The molecular formula is C7H10F3NO. The normalized spacial score (nSPS) is 20.3. The maximum Gasteiger partial charge on any atom is 0.395 e. The molecule has 1 amide bonds. The Bertz CT molecular complexity index is 195. The average molecular weight is 181 g/mol. The van der Waals surface area contributed by atoms with E-state index in [0.717, 1.165) is 0 Å². The van der Waals surface area contributed by atoms with Crippen LogP contribution in [-0.2, 0) is 4.79 Å². The van der Waals surface area contributed by atoms with Crippen molar-refractivity contribution in [1.82, 2.24) is 5.32 Å². The van der Waals surface area contributed by atoms with Gasteiger partial charge in [0, 0.05) is 13.5 Å². The van der Waals surface area contributed by atoms with Crippen LogP contribution in [0.4, 0.5) is 13.2 Å². The molecule has 70 valence electrons. The molecule has 5 heteroatoms. The molecule has 0 atom stereocenters. The first-order valence-electron chi connectivity index (χ1n) is 3.69. The minimum absolute atomic E-state index is 0.0872. The summed E-state index contributed by atoms with van der Waals surface area (Å²) in [5, 5.41) is 2.19. The first-order chi connectivity index (χ1) is 5.41. The van der Waals surface area contributed by atoms with Crippen molar-refractivity contribution in [3.05, 3.63) is 0 Å². The van der Waals surface area contributed by atoms with Crippen LogP contribution in [0.2, 0.25) is 0 Å². The molecule has 0 saturated heterocycles.